The highest BCUT2D eigenvalue weighted by Crippen LogP contribution is 2.29. The number of ether oxygens (including phenoxy) is 2. The van der Waals surface area contributed by atoms with Crippen LogP contribution in [0.1, 0.15) is 46.2 Å². The lowest BCUT2D eigenvalue weighted by Gasteiger charge is -2.23. The fourth-order valence-electron chi connectivity index (χ4n) is 2.07. The summed E-state index contributed by atoms with van der Waals surface area (Å²) in [6, 6.07) is 4.49. The molecule has 0 fully saturated rings. The standard InChI is InChI=1S/C18H28N2O4/c1-11(14-10-13(23-6)8-9-15(14)24-7)19-16(21)12(2)20-17(22)18(3,4)5/h8-12H,1-7H3,(H,19,21)(H,20,22). The Morgan fingerprint density at radius 3 is 2.17 bits per heavy atom. The molecule has 6 heteroatoms. The second-order valence-corrected chi connectivity index (χ2v) is 6.78. The predicted molar refractivity (Wildman–Crippen MR) is 93.2 cm³/mol. The molecule has 1 rings (SSSR count). The molecule has 0 heterocycles. The number of carbonyl (C=O) groups is 2. The highest BCUT2D eigenvalue weighted by atomic mass is 16.5. The average Bonchev–Trinajstić information content (AvgIpc) is 2.52. The SMILES string of the molecule is COc1ccc(OC)c(C(C)NC(=O)C(C)NC(=O)C(C)(C)C)c1. The molecule has 0 aliphatic heterocycles. The van der Waals surface area contributed by atoms with Crippen LogP contribution in [0.3, 0.4) is 0 Å². The van der Waals surface area contributed by atoms with E-state index in [-0.39, 0.29) is 17.9 Å². The number of carbonyl (C=O) groups excluding carboxylic acids is 2. The Kier molecular flexibility index (Phi) is 6.63. The maximum atomic E-state index is 12.3. The molecule has 6 nitrogen and oxygen atoms in total. The van der Waals surface area contributed by atoms with E-state index in [2.05, 4.69) is 10.6 Å². The number of hydrogen-bond donors (Lipinski definition) is 2. The minimum Gasteiger partial charge on any atom is -0.497 e. The fourth-order valence-corrected chi connectivity index (χ4v) is 2.07. The zero-order chi connectivity index (χ0) is 18.5. The van der Waals surface area contributed by atoms with Gasteiger partial charge in [-0.05, 0) is 32.0 Å². The number of amides is 2. The number of methoxy groups -OCH3 is 2. The van der Waals surface area contributed by atoms with E-state index in [1.165, 1.54) is 0 Å². The van der Waals surface area contributed by atoms with Gasteiger partial charge in [0, 0.05) is 11.0 Å². The summed E-state index contributed by atoms with van der Waals surface area (Å²) in [6.07, 6.45) is 0. The summed E-state index contributed by atoms with van der Waals surface area (Å²) in [6.45, 7) is 8.92. The summed E-state index contributed by atoms with van der Waals surface area (Å²) >= 11 is 0. The number of rotatable bonds is 6. The molecule has 2 unspecified atom stereocenters. The summed E-state index contributed by atoms with van der Waals surface area (Å²) < 4.78 is 10.6. The van der Waals surface area contributed by atoms with Gasteiger partial charge in [-0.3, -0.25) is 9.59 Å². The van der Waals surface area contributed by atoms with E-state index < -0.39 is 11.5 Å². The minimum absolute atomic E-state index is 0.170. The molecule has 134 valence electrons. The van der Waals surface area contributed by atoms with Crippen LogP contribution < -0.4 is 20.1 Å². The van der Waals surface area contributed by atoms with Crippen LogP contribution in [-0.4, -0.2) is 32.1 Å². The average molecular weight is 336 g/mol. The molecule has 0 bridgehead atoms. The number of hydrogen-bond acceptors (Lipinski definition) is 4. The van der Waals surface area contributed by atoms with Crippen molar-refractivity contribution in [2.75, 3.05) is 14.2 Å². The van der Waals surface area contributed by atoms with Crippen molar-refractivity contribution >= 4 is 11.8 Å². The first kappa shape index (κ1) is 19.8. The van der Waals surface area contributed by atoms with Gasteiger partial charge in [-0.2, -0.15) is 0 Å². The molecule has 2 N–H and O–H groups in total. The second-order valence-electron chi connectivity index (χ2n) is 6.78. The smallest absolute Gasteiger partial charge is 0.242 e. The lowest BCUT2D eigenvalue weighted by atomic mass is 9.95. The van der Waals surface area contributed by atoms with E-state index in [4.69, 9.17) is 9.47 Å². The molecule has 1 aromatic carbocycles. The van der Waals surface area contributed by atoms with E-state index in [1.807, 2.05) is 13.0 Å². The van der Waals surface area contributed by atoms with Crippen molar-refractivity contribution in [3.8, 4) is 11.5 Å². The van der Waals surface area contributed by atoms with Crippen LogP contribution in [0.15, 0.2) is 18.2 Å². The van der Waals surface area contributed by atoms with Gasteiger partial charge in [0.25, 0.3) is 0 Å². The van der Waals surface area contributed by atoms with Crippen LogP contribution in [0.5, 0.6) is 11.5 Å². The van der Waals surface area contributed by atoms with Gasteiger partial charge in [-0.15, -0.1) is 0 Å². The lowest BCUT2D eigenvalue weighted by molar-refractivity contribution is -0.133. The molecule has 1 aromatic rings. The molecular weight excluding hydrogens is 308 g/mol. The first-order valence-electron chi connectivity index (χ1n) is 7.93. The second kappa shape index (κ2) is 8.04. The Balaban J connectivity index is 2.81. The number of nitrogens with one attached hydrogen (secondary N) is 2. The van der Waals surface area contributed by atoms with Gasteiger partial charge in [-0.25, -0.2) is 0 Å². The highest BCUT2D eigenvalue weighted by Gasteiger charge is 2.26. The lowest BCUT2D eigenvalue weighted by Crippen LogP contribution is -2.48. The molecule has 0 aromatic heterocycles. The van der Waals surface area contributed by atoms with E-state index in [0.717, 1.165) is 5.56 Å². The van der Waals surface area contributed by atoms with E-state index in [0.29, 0.717) is 11.5 Å². The van der Waals surface area contributed by atoms with Crippen LogP contribution in [0, 0.1) is 5.41 Å². The molecule has 2 atom stereocenters. The minimum atomic E-state index is -0.629. The number of benzene rings is 1. The van der Waals surface area contributed by atoms with Crippen molar-refractivity contribution in [3.05, 3.63) is 23.8 Å². The quantitative estimate of drug-likeness (QED) is 0.836. The topological polar surface area (TPSA) is 76.7 Å². The van der Waals surface area contributed by atoms with Crippen LogP contribution in [0.25, 0.3) is 0 Å². The maximum Gasteiger partial charge on any atom is 0.242 e. The maximum absolute atomic E-state index is 12.3. The van der Waals surface area contributed by atoms with Gasteiger partial charge in [0.2, 0.25) is 11.8 Å². The Hall–Kier alpha value is -2.24. The van der Waals surface area contributed by atoms with Crippen molar-refractivity contribution < 1.29 is 19.1 Å². The van der Waals surface area contributed by atoms with Gasteiger partial charge in [0.1, 0.15) is 17.5 Å². The first-order valence-corrected chi connectivity index (χ1v) is 7.93. The van der Waals surface area contributed by atoms with E-state index in [1.54, 1.807) is 54.0 Å². The summed E-state index contributed by atoms with van der Waals surface area (Å²) in [4.78, 5) is 24.3. The molecule has 0 aliphatic rings. The van der Waals surface area contributed by atoms with Crippen LogP contribution in [0.4, 0.5) is 0 Å². The first-order chi connectivity index (χ1) is 11.1. The van der Waals surface area contributed by atoms with Gasteiger partial charge < -0.3 is 20.1 Å². The zero-order valence-corrected chi connectivity index (χ0v) is 15.5. The van der Waals surface area contributed by atoms with Crippen LogP contribution >= 0.6 is 0 Å². The Bertz CT molecular complexity index is 593. The summed E-state index contributed by atoms with van der Waals surface area (Å²) in [5.41, 5.74) is 0.260. The predicted octanol–water partition coefficient (Wildman–Crippen LogP) is 2.43. The third kappa shape index (κ3) is 5.15. The molecule has 0 spiro atoms. The van der Waals surface area contributed by atoms with Crippen LogP contribution in [0.2, 0.25) is 0 Å². The van der Waals surface area contributed by atoms with Crippen molar-refractivity contribution in [2.45, 2.75) is 46.7 Å². The Labute approximate surface area is 143 Å². The molecule has 2 amide bonds. The monoisotopic (exact) mass is 336 g/mol. The summed E-state index contributed by atoms with van der Waals surface area (Å²) in [5, 5.41) is 5.61. The molecular formula is C18H28N2O4. The Morgan fingerprint density at radius 1 is 1.04 bits per heavy atom. The normalized spacial score (nSPS) is 13.6. The fraction of sp³-hybridized carbons (Fsp3) is 0.556. The van der Waals surface area contributed by atoms with Crippen molar-refractivity contribution in [2.24, 2.45) is 5.41 Å². The van der Waals surface area contributed by atoms with Gasteiger partial charge in [0.05, 0.1) is 20.3 Å². The van der Waals surface area contributed by atoms with Crippen molar-refractivity contribution in [1.29, 1.82) is 0 Å². The summed E-state index contributed by atoms with van der Waals surface area (Å²) in [7, 11) is 3.16. The van der Waals surface area contributed by atoms with Crippen LogP contribution in [-0.2, 0) is 9.59 Å². The highest BCUT2D eigenvalue weighted by molar-refractivity contribution is 5.89. The third-order valence-electron chi connectivity index (χ3n) is 3.68. The molecule has 24 heavy (non-hydrogen) atoms. The van der Waals surface area contributed by atoms with Gasteiger partial charge in [0.15, 0.2) is 0 Å². The van der Waals surface area contributed by atoms with Crippen molar-refractivity contribution in [1.82, 2.24) is 10.6 Å². The molecule has 0 saturated carbocycles. The van der Waals surface area contributed by atoms with Crippen molar-refractivity contribution in [3.63, 3.8) is 0 Å². The van der Waals surface area contributed by atoms with Gasteiger partial charge in [-0.1, -0.05) is 20.8 Å². The third-order valence-corrected chi connectivity index (χ3v) is 3.68. The zero-order valence-electron chi connectivity index (χ0n) is 15.5. The molecule has 0 aliphatic carbocycles. The Morgan fingerprint density at radius 2 is 1.67 bits per heavy atom. The molecule has 0 radical (unpaired) electrons. The van der Waals surface area contributed by atoms with Gasteiger partial charge >= 0.3 is 0 Å². The van der Waals surface area contributed by atoms with E-state index in [9.17, 15) is 9.59 Å². The van der Waals surface area contributed by atoms with E-state index >= 15 is 0 Å². The largest absolute Gasteiger partial charge is 0.497 e. The molecule has 0 saturated heterocycles. The summed E-state index contributed by atoms with van der Waals surface area (Å²) in [5.74, 6) is 0.915.